The lowest BCUT2D eigenvalue weighted by atomic mass is 10.1. The number of nitro benzene ring substituents is 2. The fourth-order valence-corrected chi connectivity index (χ4v) is 4.76. The van der Waals surface area contributed by atoms with Gasteiger partial charge >= 0.3 is 5.69 Å². The maximum Gasteiger partial charge on any atom is 0.302 e. The summed E-state index contributed by atoms with van der Waals surface area (Å²) in [5, 5.41) is 32.9. The number of hydrogen-bond donors (Lipinski definition) is 1. The summed E-state index contributed by atoms with van der Waals surface area (Å²) < 4.78 is 0.837. The van der Waals surface area contributed by atoms with Crippen molar-refractivity contribution in [2.75, 3.05) is 21.8 Å². The second-order valence-corrected chi connectivity index (χ2v) is 10.1. The van der Waals surface area contributed by atoms with Crippen molar-refractivity contribution in [2.45, 2.75) is 6.92 Å². The highest BCUT2D eigenvalue weighted by molar-refractivity contribution is 9.10. The Morgan fingerprint density at radius 1 is 0.952 bits per heavy atom. The third-order valence-corrected chi connectivity index (χ3v) is 6.98. The van der Waals surface area contributed by atoms with Gasteiger partial charge in [0.2, 0.25) is 5.91 Å². The molecule has 0 aromatic heterocycles. The number of nitrogens with one attached hydrogen (secondary N) is 1. The smallest absolute Gasteiger partial charge is 0.302 e. The number of carbonyl (C=O) groups is 2. The van der Waals surface area contributed by atoms with Crippen LogP contribution in [0.2, 0.25) is 0 Å². The molecule has 1 heterocycles. The van der Waals surface area contributed by atoms with Crippen LogP contribution in [-0.2, 0) is 4.79 Å². The minimum absolute atomic E-state index is 0.290. The van der Waals surface area contributed by atoms with E-state index in [2.05, 4.69) is 21.2 Å². The van der Waals surface area contributed by atoms with E-state index < -0.39 is 39.6 Å². The van der Waals surface area contributed by atoms with Gasteiger partial charge in [-0.2, -0.15) is 5.10 Å². The van der Waals surface area contributed by atoms with Crippen LogP contribution in [0, 0.1) is 20.2 Å². The number of halogens is 1. The van der Waals surface area contributed by atoms with Crippen LogP contribution in [0.15, 0.2) is 101 Å². The molecule has 0 fully saturated rings. The summed E-state index contributed by atoms with van der Waals surface area (Å²) in [4.78, 5) is 50.6. The molecule has 1 aliphatic rings. The lowest BCUT2D eigenvalue weighted by Crippen LogP contribution is -2.42. The molecular weight excluding hydrogens is 608 g/mol. The number of carbonyl (C=O) groups excluding carboxylic acids is 2. The Balaban J connectivity index is 1.79. The molecule has 1 aliphatic heterocycles. The summed E-state index contributed by atoms with van der Waals surface area (Å²) in [5.74, 6) is -1.34. The maximum atomic E-state index is 14.2. The average Bonchev–Trinajstić information content (AvgIpc) is 2.99. The number of fused-ring (bicyclic) bond motifs is 1. The van der Waals surface area contributed by atoms with E-state index in [0.717, 1.165) is 21.5 Å². The Morgan fingerprint density at radius 3 is 2.29 bits per heavy atom. The van der Waals surface area contributed by atoms with Crippen LogP contribution in [0.25, 0.3) is 0 Å². The fourth-order valence-electron chi connectivity index (χ4n) is 4.50. The van der Waals surface area contributed by atoms with E-state index in [1.807, 2.05) is 12.1 Å². The number of anilines is 4. The highest BCUT2D eigenvalue weighted by Gasteiger charge is 2.36. The second-order valence-electron chi connectivity index (χ2n) is 9.17. The molecule has 4 aromatic carbocycles. The van der Waals surface area contributed by atoms with Crippen LogP contribution in [-0.4, -0.2) is 33.9 Å². The molecule has 0 aliphatic carbocycles. The predicted molar refractivity (Wildman–Crippen MR) is 161 cm³/mol. The van der Waals surface area contributed by atoms with Gasteiger partial charge in [-0.3, -0.25) is 34.7 Å². The van der Waals surface area contributed by atoms with Gasteiger partial charge in [-0.05, 0) is 48.9 Å². The van der Waals surface area contributed by atoms with E-state index in [4.69, 9.17) is 5.10 Å². The maximum absolute atomic E-state index is 14.2. The van der Waals surface area contributed by atoms with Crippen molar-refractivity contribution in [3.63, 3.8) is 0 Å². The lowest BCUT2D eigenvalue weighted by Gasteiger charge is -2.30. The van der Waals surface area contributed by atoms with Crippen molar-refractivity contribution in [3.05, 3.63) is 127 Å². The van der Waals surface area contributed by atoms with E-state index >= 15 is 0 Å². The van der Waals surface area contributed by atoms with Gasteiger partial charge in [-0.1, -0.05) is 58.4 Å². The summed E-state index contributed by atoms with van der Waals surface area (Å²) in [6, 6.07) is 23.9. The van der Waals surface area contributed by atoms with Gasteiger partial charge in [-0.15, -0.1) is 0 Å². The molecule has 0 saturated carbocycles. The molecule has 5 rings (SSSR count). The first kappa shape index (κ1) is 28.1. The molecular formula is C29H21BrN6O6. The molecule has 0 spiro atoms. The van der Waals surface area contributed by atoms with Crippen LogP contribution in [0.5, 0.6) is 0 Å². The van der Waals surface area contributed by atoms with Crippen LogP contribution < -0.4 is 15.2 Å². The summed E-state index contributed by atoms with van der Waals surface area (Å²) in [7, 11) is 0. The SMILES string of the molecule is C/C(=N/N(c1ccccc1)c1c(C(=O)N2CC(=O)Nc3ccccc32)cc([N+](=O)[O-])cc1[N+](=O)[O-])c1ccc(Br)cc1. The van der Waals surface area contributed by atoms with Crippen molar-refractivity contribution in [2.24, 2.45) is 5.10 Å². The van der Waals surface area contributed by atoms with Gasteiger partial charge in [0.15, 0.2) is 5.69 Å². The number of hydrogen-bond acceptors (Lipinski definition) is 8. The molecule has 0 atom stereocenters. The molecule has 4 aromatic rings. The van der Waals surface area contributed by atoms with Crippen molar-refractivity contribution >= 4 is 67.6 Å². The van der Waals surface area contributed by atoms with Crippen molar-refractivity contribution in [1.82, 2.24) is 0 Å². The number of amides is 2. The van der Waals surface area contributed by atoms with Crippen LogP contribution >= 0.6 is 15.9 Å². The van der Waals surface area contributed by atoms with E-state index in [-0.39, 0.29) is 11.3 Å². The Bertz CT molecular complexity index is 1760. The zero-order valence-corrected chi connectivity index (χ0v) is 23.5. The Kier molecular flexibility index (Phi) is 7.76. The molecule has 0 bridgehead atoms. The van der Waals surface area contributed by atoms with Crippen molar-refractivity contribution in [3.8, 4) is 0 Å². The first-order valence-electron chi connectivity index (χ1n) is 12.5. The van der Waals surface area contributed by atoms with Crippen LogP contribution in [0.4, 0.5) is 34.1 Å². The molecule has 2 amide bonds. The minimum Gasteiger partial charge on any atom is -0.323 e. The van der Waals surface area contributed by atoms with Gasteiger partial charge in [0.05, 0.1) is 44.3 Å². The molecule has 0 unspecified atom stereocenters. The molecule has 13 heteroatoms. The highest BCUT2D eigenvalue weighted by atomic mass is 79.9. The largest absolute Gasteiger partial charge is 0.323 e. The highest BCUT2D eigenvalue weighted by Crippen LogP contribution is 2.42. The number of rotatable bonds is 7. The first-order chi connectivity index (χ1) is 20.1. The third-order valence-electron chi connectivity index (χ3n) is 6.45. The quantitative estimate of drug-likeness (QED) is 0.141. The summed E-state index contributed by atoms with van der Waals surface area (Å²) in [5.41, 5.74) is 0.146. The number of non-ortho nitro benzene ring substituents is 1. The molecule has 12 nitrogen and oxygen atoms in total. The summed E-state index contributed by atoms with van der Waals surface area (Å²) in [6.45, 7) is 1.29. The lowest BCUT2D eigenvalue weighted by molar-refractivity contribution is -0.393. The minimum atomic E-state index is -0.850. The monoisotopic (exact) mass is 628 g/mol. The summed E-state index contributed by atoms with van der Waals surface area (Å²) in [6.07, 6.45) is 0. The Labute approximate surface area is 247 Å². The normalized spacial score (nSPS) is 12.8. The van der Waals surface area contributed by atoms with E-state index in [1.165, 1.54) is 5.01 Å². The van der Waals surface area contributed by atoms with Gasteiger partial charge in [0.1, 0.15) is 6.54 Å². The van der Waals surface area contributed by atoms with Gasteiger partial charge < -0.3 is 5.32 Å². The van der Waals surface area contributed by atoms with E-state index in [0.29, 0.717) is 28.3 Å². The summed E-state index contributed by atoms with van der Waals surface area (Å²) >= 11 is 3.39. The number of hydrazone groups is 1. The molecule has 0 saturated heterocycles. The van der Waals surface area contributed by atoms with Crippen LogP contribution in [0.3, 0.4) is 0 Å². The zero-order chi connectivity index (χ0) is 30.0. The van der Waals surface area contributed by atoms with Crippen LogP contribution in [0.1, 0.15) is 22.8 Å². The van der Waals surface area contributed by atoms with E-state index in [9.17, 15) is 29.8 Å². The van der Waals surface area contributed by atoms with Gasteiger partial charge in [-0.25, -0.2) is 5.01 Å². The molecule has 1 N–H and O–H groups in total. The number of nitro groups is 2. The average molecular weight is 629 g/mol. The van der Waals surface area contributed by atoms with Gasteiger partial charge in [0.25, 0.3) is 11.6 Å². The van der Waals surface area contributed by atoms with E-state index in [1.54, 1.807) is 73.7 Å². The molecule has 42 heavy (non-hydrogen) atoms. The second kappa shape index (κ2) is 11.6. The Hall–Kier alpha value is -5.43. The topological polar surface area (TPSA) is 151 Å². The third kappa shape index (κ3) is 5.58. The first-order valence-corrected chi connectivity index (χ1v) is 13.3. The number of benzene rings is 4. The Morgan fingerprint density at radius 2 is 1.62 bits per heavy atom. The number of para-hydroxylation sites is 3. The van der Waals surface area contributed by atoms with Crippen molar-refractivity contribution < 1.29 is 19.4 Å². The molecule has 0 radical (unpaired) electrons. The van der Waals surface area contributed by atoms with Gasteiger partial charge in [0, 0.05) is 10.5 Å². The van der Waals surface area contributed by atoms with Crippen molar-refractivity contribution in [1.29, 1.82) is 0 Å². The molecule has 210 valence electrons. The fraction of sp³-hybridized carbons (Fsp3) is 0.0690. The predicted octanol–water partition coefficient (Wildman–Crippen LogP) is 6.43. The standard InChI is InChI=1S/C29H21BrN6O6/c1-18(19-11-13-20(30)14-12-19)32-34(21-7-3-2-4-8-21)28-23(15-22(35(39)40)16-26(28)36(41)42)29(38)33-17-27(37)31-24-9-5-6-10-25(24)33/h2-16H,17H2,1H3,(H,31,37)/b32-18-. The zero-order valence-electron chi connectivity index (χ0n) is 21.9. The number of nitrogens with zero attached hydrogens (tertiary/aromatic N) is 5.